The van der Waals surface area contributed by atoms with Gasteiger partial charge in [0.2, 0.25) is 0 Å². The average Bonchev–Trinajstić information content (AvgIpc) is 2.35. The first-order chi connectivity index (χ1) is 9.32. The van der Waals surface area contributed by atoms with Crippen LogP contribution in [-0.2, 0) is 4.79 Å². The van der Waals surface area contributed by atoms with E-state index in [-0.39, 0.29) is 18.5 Å². The molecule has 1 atom stereocenters. The Morgan fingerprint density at radius 2 is 1.85 bits per heavy atom. The lowest BCUT2D eigenvalue weighted by Crippen LogP contribution is -2.41. The molecule has 0 aliphatic rings. The average molecular weight is 287 g/mol. The van der Waals surface area contributed by atoms with Crippen LogP contribution >= 0.6 is 0 Å². The van der Waals surface area contributed by atoms with Crippen LogP contribution in [-0.4, -0.2) is 54.2 Å². The molecule has 3 N–H and O–H groups in total. The number of hydrogen-bond donors (Lipinski definition) is 3. The van der Waals surface area contributed by atoms with Crippen molar-refractivity contribution < 1.29 is 14.7 Å². The Bertz CT molecular complexity index is 295. The first-order valence-corrected chi connectivity index (χ1v) is 7.29. The minimum Gasteiger partial charge on any atom is -0.481 e. The Balaban J connectivity index is 3.56. The zero-order valence-corrected chi connectivity index (χ0v) is 13.1. The van der Waals surface area contributed by atoms with E-state index >= 15 is 0 Å². The molecule has 6 nitrogen and oxygen atoms in total. The fourth-order valence-electron chi connectivity index (χ4n) is 1.63. The van der Waals surface area contributed by atoms with Crippen LogP contribution in [0.15, 0.2) is 0 Å². The summed E-state index contributed by atoms with van der Waals surface area (Å²) in [7, 11) is 2.09. The van der Waals surface area contributed by atoms with Gasteiger partial charge in [-0.05, 0) is 53.6 Å². The van der Waals surface area contributed by atoms with E-state index in [4.69, 9.17) is 5.11 Å². The summed E-state index contributed by atoms with van der Waals surface area (Å²) in [5.41, 5.74) is 0. The number of aliphatic carboxylic acids is 1. The number of carboxylic acids is 1. The monoisotopic (exact) mass is 287 g/mol. The van der Waals surface area contributed by atoms with Crippen molar-refractivity contribution in [2.45, 2.75) is 58.5 Å². The maximum Gasteiger partial charge on any atom is 0.314 e. The number of rotatable bonds is 10. The molecule has 0 radical (unpaired) electrons. The largest absolute Gasteiger partial charge is 0.481 e. The van der Waals surface area contributed by atoms with Crippen LogP contribution in [0.1, 0.15) is 46.5 Å². The lowest BCUT2D eigenvalue weighted by atomic mass is 10.2. The van der Waals surface area contributed by atoms with E-state index in [0.717, 1.165) is 19.4 Å². The molecule has 0 aromatic carbocycles. The zero-order chi connectivity index (χ0) is 15.5. The Morgan fingerprint density at radius 1 is 1.20 bits per heavy atom. The number of carbonyl (C=O) groups is 2. The molecule has 6 heteroatoms. The highest BCUT2D eigenvalue weighted by Crippen LogP contribution is 1.98. The van der Waals surface area contributed by atoms with Gasteiger partial charge in [-0.3, -0.25) is 4.79 Å². The molecule has 0 saturated carbocycles. The Labute approximate surface area is 121 Å². The van der Waals surface area contributed by atoms with Crippen LogP contribution < -0.4 is 10.6 Å². The number of unbranched alkanes of at least 4 members (excludes halogenated alkanes) is 1. The summed E-state index contributed by atoms with van der Waals surface area (Å²) < 4.78 is 0. The van der Waals surface area contributed by atoms with Gasteiger partial charge < -0.3 is 20.6 Å². The molecule has 0 heterocycles. The second-order valence-electron chi connectivity index (χ2n) is 5.52. The number of carbonyl (C=O) groups excluding carboxylic acids is 1. The minimum atomic E-state index is -0.840. The van der Waals surface area contributed by atoms with E-state index < -0.39 is 5.97 Å². The Morgan fingerprint density at radius 3 is 2.40 bits per heavy atom. The van der Waals surface area contributed by atoms with Gasteiger partial charge in [-0.1, -0.05) is 0 Å². The molecule has 1 unspecified atom stereocenters. The van der Waals surface area contributed by atoms with Crippen LogP contribution in [0.4, 0.5) is 4.79 Å². The molecule has 0 rings (SSSR count). The fraction of sp³-hybridized carbons (Fsp3) is 0.857. The number of carboxylic acid groups (broad SMARTS) is 1. The summed E-state index contributed by atoms with van der Waals surface area (Å²) in [4.78, 5) is 24.2. The second-order valence-corrected chi connectivity index (χ2v) is 5.52. The van der Waals surface area contributed by atoms with Crippen LogP contribution in [0.3, 0.4) is 0 Å². The molecule has 0 spiro atoms. The van der Waals surface area contributed by atoms with Crippen LogP contribution in [0.25, 0.3) is 0 Å². The van der Waals surface area contributed by atoms with Crippen molar-refractivity contribution >= 4 is 12.0 Å². The number of nitrogens with one attached hydrogen (secondary N) is 2. The first-order valence-electron chi connectivity index (χ1n) is 7.29. The SMILES string of the molecule is CC(CCC(=O)O)NC(=O)NCCCCN(C)C(C)C. The van der Waals surface area contributed by atoms with Gasteiger partial charge in [0, 0.05) is 25.0 Å². The topological polar surface area (TPSA) is 81.7 Å². The minimum absolute atomic E-state index is 0.0724. The summed E-state index contributed by atoms with van der Waals surface area (Å²) in [6.45, 7) is 7.79. The van der Waals surface area contributed by atoms with Gasteiger partial charge in [0.05, 0.1) is 0 Å². The van der Waals surface area contributed by atoms with Gasteiger partial charge in [-0.2, -0.15) is 0 Å². The molecule has 2 amide bonds. The standard InChI is InChI=1S/C14H29N3O3/c1-11(2)17(4)10-6-5-9-15-14(20)16-12(3)7-8-13(18)19/h11-12H,5-10H2,1-4H3,(H,18,19)(H2,15,16,20). The third kappa shape index (κ3) is 10.6. The van der Waals surface area contributed by atoms with E-state index in [1.807, 2.05) is 0 Å². The second kappa shape index (κ2) is 10.5. The summed E-state index contributed by atoms with van der Waals surface area (Å²) in [5, 5.41) is 14.1. The van der Waals surface area contributed by atoms with E-state index in [2.05, 4.69) is 36.4 Å². The van der Waals surface area contributed by atoms with Crippen LogP contribution in [0.5, 0.6) is 0 Å². The summed E-state index contributed by atoms with van der Waals surface area (Å²) >= 11 is 0. The summed E-state index contributed by atoms with van der Waals surface area (Å²) in [6.07, 6.45) is 2.50. The highest BCUT2D eigenvalue weighted by molar-refractivity contribution is 5.74. The zero-order valence-electron chi connectivity index (χ0n) is 13.1. The first kappa shape index (κ1) is 18.7. The lowest BCUT2D eigenvalue weighted by molar-refractivity contribution is -0.137. The molecule has 118 valence electrons. The fourth-order valence-corrected chi connectivity index (χ4v) is 1.63. The van der Waals surface area contributed by atoms with Crippen molar-refractivity contribution in [2.24, 2.45) is 0 Å². The van der Waals surface area contributed by atoms with Crippen molar-refractivity contribution in [3.8, 4) is 0 Å². The molecular weight excluding hydrogens is 258 g/mol. The number of amides is 2. The molecule has 0 aliphatic carbocycles. The highest BCUT2D eigenvalue weighted by Gasteiger charge is 2.08. The van der Waals surface area contributed by atoms with E-state index in [1.165, 1.54) is 0 Å². The van der Waals surface area contributed by atoms with E-state index in [9.17, 15) is 9.59 Å². The van der Waals surface area contributed by atoms with Gasteiger partial charge in [0.15, 0.2) is 0 Å². The Hall–Kier alpha value is -1.30. The van der Waals surface area contributed by atoms with Crippen molar-refractivity contribution in [3.05, 3.63) is 0 Å². The number of hydrogen-bond acceptors (Lipinski definition) is 3. The normalized spacial score (nSPS) is 12.5. The van der Waals surface area contributed by atoms with Gasteiger partial charge in [-0.25, -0.2) is 4.79 Å². The smallest absolute Gasteiger partial charge is 0.314 e. The third-order valence-corrected chi connectivity index (χ3v) is 3.27. The maximum atomic E-state index is 11.5. The highest BCUT2D eigenvalue weighted by atomic mass is 16.4. The van der Waals surface area contributed by atoms with Crippen LogP contribution in [0, 0.1) is 0 Å². The molecule has 20 heavy (non-hydrogen) atoms. The van der Waals surface area contributed by atoms with Gasteiger partial charge in [-0.15, -0.1) is 0 Å². The van der Waals surface area contributed by atoms with Crippen LogP contribution in [0.2, 0.25) is 0 Å². The van der Waals surface area contributed by atoms with Crippen molar-refractivity contribution in [3.63, 3.8) is 0 Å². The van der Waals surface area contributed by atoms with Gasteiger partial charge >= 0.3 is 12.0 Å². The third-order valence-electron chi connectivity index (χ3n) is 3.27. The Kier molecular flexibility index (Phi) is 9.80. The molecule has 0 saturated heterocycles. The molecule has 0 aliphatic heterocycles. The lowest BCUT2D eigenvalue weighted by Gasteiger charge is -2.20. The number of nitrogens with zero attached hydrogens (tertiary/aromatic N) is 1. The predicted octanol–water partition coefficient (Wildman–Crippen LogP) is 1.66. The molecule has 0 aromatic heterocycles. The summed E-state index contributed by atoms with van der Waals surface area (Å²) in [6, 6.07) is 0.194. The van der Waals surface area contributed by atoms with Crippen molar-refractivity contribution in [1.29, 1.82) is 0 Å². The van der Waals surface area contributed by atoms with Gasteiger partial charge in [0.1, 0.15) is 0 Å². The number of urea groups is 1. The molecule has 0 aromatic rings. The van der Waals surface area contributed by atoms with Crippen molar-refractivity contribution in [2.75, 3.05) is 20.1 Å². The van der Waals surface area contributed by atoms with Crippen molar-refractivity contribution in [1.82, 2.24) is 15.5 Å². The molecule has 0 bridgehead atoms. The van der Waals surface area contributed by atoms with E-state index in [0.29, 0.717) is 19.0 Å². The quantitative estimate of drug-likeness (QED) is 0.534. The van der Waals surface area contributed by atoms with Gasteiger partial charge in [0.25, 0.3) is 0 Å². The van der Waals surface area contributed by atoms with E-state index in [1.54, 1.807) is 6.92 Å². The predicted molar refractivity (Wildman–Crippen MR) is 79.9 cm³/mol. The molecule has 0 fully saturated rings. The summed E-state index contributed by atoms with van der Waals surface area (Å²) in [5.74, 6) is -0.840. The molecular formula is C14H29N3O3. The maximum absolute atomic E-state index is 11.5.